The summed E-state index contributed by atoms with van der Waals surface area (Å²) in [6, 6.07) is 4.59. The van der Waals surface area contributed by atoms with Crippen LogP contribution in [0.3, 0.4) is 0 Å². The standard InChI is InChI=1S/C15H23BrN2O3/c1-4-18(5-2)9-8-17-14(15(19)20)12-10-11(16)6-7-13(12)21-3/h6-7,10,14,17H,4-5,8-9H2,1-3H3,(H,19,20). The van der Waals surface area contributed by atoms with Gasteiger partial charge in [-0.25, -0.2) is 0 Å². The molecule has 1 rings (SSSR count). The highest BCUT2D eigenvalue weighted by molar-refractivity contribution is 9.10. The van der Waals surface area contributed by atoms with Crippen molar-refractivity contribution in [2.24, 2.45) is 0 Å². The molecule has 5 nitrogen and oxygen atoms in total. The van der Waals surface area contributed by atoms with Crippen LogP contribution in [0.2, 0.25) is 0 Å². The van der Waals surface area contributed by atoms with E-state index in [0.29, 0.717) is 17.9 Å². The number of aliphatic carboxylic acids is 1. The molecule has 0 saturated heterocycles. The van der Waals surface area contributed by atoms with E-state index in [9.17, 15) is 9.90 Å². The summed E-state index contributed by atoms with van der Waals surface area (Å²) in [7, 11) is 1.54. The summed E-state index contributed by atoms with van der Waals surface area (Å²) in [6.07, 6.45) is 0. The van der Waals surface area contributed by atoms with Gasteiger partial charge in [0.2, 0.25) is 0 Å². The second-order valence-electron chi connectivity index (χ2n) is 4.64. The van der Waals surface area contributed by atoms with E-state index in [1.165, 1.54) is 0 Å². The molecule has 1 aromatic carbocycles. The highest BCUT2D eigenvalue weighted by Crippen LogP contribution is 2.28. The van der Waals surface area contributed by atoms with Crippen LogP contribution >= 0.6 is 15.9 Å². The van der Waals surface area contributed by atoms with Gasteiger partial charge in [-0.1, -0.05) is 29.8 Å². The van der Waals surface area contributed by atoms with E-state index in [4.69, 9.17) is 4.74 Å². The first-order valence-corrected chi connectivity index (χ1v) is 7.84. The van der Waals surface area contributed by atoms with Gasteiger partial charge in [-0.15, -0.1) is 0 Å². The van der Waals surface area contributed by atoms with Gasteiger partial charge >= 0.3 is 5.97 Å². The van der Waals surface area contributed by atoms with Crippen molar-refractivity contribution in [1.29, 1.82) is 0 Å². The smallest absolute Gasteiger partial charge is 0.325 e. The van der Waals surface area contributed by atoms with Crippen molar-refractivity contribution < 1.29 is 14.6 Å². The fourth-order valence-corrected chi connectivity index (χ4v) is 2.55. The van der Waals surface area contributed by atoms with Crippen molar-refractivity contribution in [3.8, 4) is 5.75 Å². The fourth-order valence-electron chi connectivity index (χ4n) is 2.17. The molecule has 0 aliphatic heterocycles. The molecule has 0 spiro atoms. The topological polar surface area (TPSA) is 61.8 Å². The zero-order chi connectivity index (χ0) is 15.8. The molecular formula is C15H23BrN2O3. The van der Waals surface area contributed by atoms with Gasteiger partial charge in [-0.2, -0.15) is 0 Å². The molecule has 0 saturated carbocycles. The summed E-state index contributed by atoms with van der Waals surface area (Å²) in [4.78, 5) is 13.8. The highest BCUT2D eigenvalue weighted by atomic mass is 79.9. The van der Waals surface area contributed by atoms with Gasteiger partial charge in [0, 0.05) is 23.1 Å². The molecule has 0 aliphatic carbocycles. The van der Waals surface area contributed by atoms with E-state index >= 15 is 0 Å². The Bertz CT molecular complexity index is 464. The van der Waals surface area contributed by atoms with Crippen LogP contribution in [0, 0.1) is 0 Å². The predicted octanol–water partition coefficient (Wildman–Crippen LogP) is 2.51. The molecule has 118 valence electrons. The zero-order valence-electron chi connectivity index (χ0n) is 12.7. The minimum Gasteiger partial charge on any atom is -0.496 e. The molecule has 0 bridgehead atoms. The minimum absolute atomic E-state index is 0.570. The first-order valence-electron chi connectivity index (χ1n) is 7.05. The van der Waals surface area contributed by atoms with Crippen LogP contribution in [-0.4, -0.2) is 49.3 Å². The molecular weight excluding hydrogens is 336 g/mol. The van der Waals surface area contributed by atoms with Gasteiger partial charge in [0.25, 0.3) is 0 Å². The Balaban J connectivity index is 2.82. The summed E-state index contributed by atoms with van der Waals surface area (Å²) < 4.78 is 6.10. The molecule has 0 fully saturated rings. The Hall–Kier alpha value is -1.11. The normalized spacial score (nSPS) is 12.4. The van der Waals surface area contributed by atoms with E-state index in [1.54, 1.807) is 19.2 Å². The Morgan fingerprint density at radius 1 is 1.43 bits per heavy atom. The van der Waals surface area contributed by atoms with Crippen molar-refractivity contribution in [2.75, 3.05) is 33.3 Å². The molecule has 6 heteroatoms. The minimum atomic E-state index is -0.911. The number of ether oxygens (including phenoxy) is 1. The van der Waals surface area contributed by atoms with E-state index < -0.39 is 12.0 Å². The monoisotopic (exact) mass is 358 g/mol. The number of carboxylic acid groups (broad SMARTS) is 1. The summed E-state index contributed by atoms with van der Waals surface area (Å²) >= 11 is 3.37. The maximum Gasteiger partial charge on any atom is 0.325 e. The third-order valence-corrected chi connectivity index (χ3v) is 3.91. The van der Waals surface area contributed by atoms with Gasteiger partial charge in [0.05, 0.1) is 7.11 Å². The van der Waals surface area contributed by atoms with Crippen molar-refractivity contribution in [3.05, 3.63) is 28.2 Å². The second kappa shape index (κ2) is 9.02. The summed E-state index contributed by atoms with van der Waals surface area (Å²) in [5, 5.41) is 12.6. The van der Waals surface area contributed by atoms with Crippen LogP contribution in [0.4, 0.5) is 0 Å². The zero-order valence-corrected chi connectivity index (χ0v) is 14.3. The number of carbonyl (C=O) groups is 1. The van der Waals surface area contributed by atoms with Crippen LogP contribution in [-0.2, 0) is 4.79 Å². The van der Waals surface area contributed by atoms with Crippen molar-refractivity contribution in [3.63, 3.8) is 0 Å². The van der Waals surface area contributed by atoms with E-state index in [-0.39, 0.29) is 0 Å². The number of hydrogen-bond acceptors (Lipinski definition) is 4. The summed E-state index contributed by atoms with van der Waals surface area (Å²) in [6.45, 7) is 7.51. The SMILES string of the molecule is CCN(CC)CCNC(C(=O)O)c1cc(Br)ccc1OC. The Labute approximate surface area is 134 Å². The molecule has 1 unspecified atom stereocenters. The quantitative estimate of drug-likeness (QED) is 0.710. The number of methoxy groups -OCH3 is 1. The molecule has 1 aromatic rings. The predicted molar refractivity (Wildman–Crippen MR) is 86.9 cm³/mol. The second-order valence-corrected chi connectivity index (χ2v) is 5.55. The van der Waals surface area contributed by atoms with Crippen molar-refractivity contribution >= 4 is 21.9 Å². The molecule has 2 N–H and O–H groups in total. The van der Waals surface area contributed by atoms with Gasteiger partial charge in [0.1, 0.15) is 11.8 Å². The summed E-state index contributed by atoms with van der Waals surface area (Å²) in [5.74, 6) is -0.341. The number of carboxylic acids is 1. The lowest BCUT2D eigenvalue weighted by Gasteiger charge is -2.21. The van der Waals surface area contributed by atoms with E-state index in [1.807, 2.05) is 6.07 Å². The number of rotatable bonds is 9. The van der Waals surface area contributed by atoms with Crippen LogP contribution in [0.15, 0.2) is 22.7 Å². The van der Waals surface area contributed by atoms with E-state index in [2.05, 4.69) is 40.0 Å². The van der Waals surface area contributed by atoms with E-state index in [0.717, 1.165) is 24.1 Å². The van der Waals surface area contributed by atoms with Crippen molar-refractivity contribution in [2.45, 2.75) is 19.9 Å². The van der Waals surface area contributed by atoms with Crippen LogP contribution in [0.1, 0.15) is 25.5 Å². The number of nitrogens with one attached hydrogen (secondary N) is 1. The Morgan fingerprint density at radius 3 is 2.62 bits per heavy atom. The van der Waals surface area contributed by atoms with Crippen LogP contribution < -0.4 is 10.1 Å². The number of halogens is 1. The lowest BCUT2D eigenvalue weighted by molar-refractivity contribution is -0.139. The van der Waals surface area contributed by atoms with Gasteiger partial charge in [-0.05, 0) is 31.3 Å². The molecule has 0 amide bonds. The maximum atomic E-state index is 11.5. The average Bonchev–Trinajstić information content (AvgIpc) is 2.47. The van der Waals surface area contributed by atoms with Gasteiger partial charge in [0.15, 0.2) is 0 Å². The van der Waals surface area contributed by atoms with Crippen LogP contribution in [0.5, 0.6) is 5.75 Å². The Morgan fingerprint density at radius 2 is 2.10 bits per heavy atom. The molecule has 0 heterocycles. The average molecular weight is 359 g/mol. The maximum absolute atomic E-state index is 11.5. The lowest BCUT2D eigenvalue weighted by Crippen LogP contribution is -2.36. The van der Waals surface area contributed by atoms with Gasteiger partial charge in [-0.3, -0.25) is 10.1 Å². The fraction of sp³-hybridized carbons (Fsp3) is 0.533. The molecule has 0 radical (unpaired) electrons. The van der Waals surface area contributed by atoms with Gasteiger partial charge < -0.3 is 14.7 Å². The molecule has 21 heavy (non-hydrogen) atoms. The molecule has 0 aliphatic rings. The largest absolute Gasteiger partial charge is 0.496 e. The first kappa shape index (κ1) is 17.9. The highest BCUT2D eigenvalue weighted by Gasteiger charge is 2.23. The van der Waals surface area contributed by atoms with Crippen molar-refractivity contribution in [1.82, 2.24) is 10.2 Å². The number of likely N-dealkylation sites (N-methyl/N-ethyl adjacent to an activating group) is 1. The lowest BCUT2D eigenvalue weighted by atomic mass is 10.1. The molecule has 1 atom stereocenters. The van der Waals surface area contributed by atoms with Crippen LogP contribution in [0.25, 0.3) is 0 Å². The number of benzene rings is 1. The molecule has 0 aromatic heterocycles. The summed E-state index contributed by atoms with van der Waals surface area (Å²) in [5.41, 5.74) is 0.624. The first-order chi connectivity index (χ1) is 10.0. The number of nitrogens with zero attached hydrogens (tertiary/aromatic N) is 1. The Kier molecular flexibility index (Phi) is 7.71. The third-order valence-electron chi connectivity index (χ3n) is 3.42. The third kappa shape index (κ3) is 5.30. The number of hydrogen-bond donors (Lipinski definition) is 2.